The number of hydrogen-bond acceptors (Lipinski definition) is 5. The van der Waals surface area contributed by atoms with Gasteiger partial charge in [-0.2, -0.15) is 4.39 Å². The van der Waals surface area contributed by atoms with Crippen molar-refractivity contribution in [3.63, 3.8) is 0 Å². The van der Waals surface area contributed by atoms with Gasteiger partial charge in [0, 0.05) is 6.07 Å². The van der Waals surface area contributed by atoms with E-state index < -0.39 is 22.4 Å². The standard InChI is InChI=1S/C13H16FNO5/c1-13(2,3)20-7-6-19-12(16)9-4-5-10(14)11(8-9)15(17)18/h4-5,8H,6-7H2,1-3H3. The maximum atomic E-state index is 13.1. The van der Waals surface area contributed by atoms with Gasteiger partial charge in [-0.15, -0.1) is 0 Å². The lowest BCUT2D eigenvalue weighted by molar-refractivity contribution is -0.387. The third kappa shape index (κ3) is 4.93. The summed E-state index contributed by atoms with van der Waals surface area (Å²) >= 11 is 0. The van der Waals surface area contributed by atoms with Gasteiger partial charge in [0.15, 0.2) is 0 Å². The Labute approximate surface area is 115 Å². The molecule has 0 amide bonds. The Hall–Kier alpha value is -2.02. The van der Waals surface area contributed by atoms with Crippen LogP contribution in [0.2, 0.25) is 0 Å². The number of esters is 1. The third-order valence-corrected chi connectivity index (χ3v) is 2.23. The van der Waals surface area contributed by atoms with Crippen LogP contribution in [0.25, 0.3) is 0 Å². The van der Waals surface area contributed by atoms with Crippen molar-refractivity contribution < 1.29 is 23.6 Å². The van der Waals surface area contributed by atoms with Crippen LogP contribution < -0.4 is 0 Å². The molecule has 1 aromatic carbocycles. The van der Waals surface area contributed by atoms with Gasteiger partial charge < -0.3 is 9.47 Å². The van der Waals surface area contributed by atoms with Crippen molar-refractivity contribution >= 4 is 11.7 Å². The number of hydrogen-bond donors (Lipinski definition) is 0. The highest BCUT2D eigenvalue weighted by Gasteiger charge is 2.18. The zero-order chi connectivity index (χ0) is 15.3. The van der Waals surface area contributed by atoms with Gasteiger partial charge in [0.05, 0.1) is 22.7 Å². The molecule has 0 aliphatic carbocycles. The number of nitrogens with zero attached hydrogens (tertiary/aromatic N) is 1. The lowest BCUT2D eigenvalue weighted by atomic mass is 10.2. The molecule has 0 heterocycles. The number of carbonyl (C=O) groups excluding carboxylic acids is 1. The second kappa shape index (κ2) is 6.42. The van der Waals surface area contributed by atoms with Crippen molar-refractivity contribution in [1.29, 1.82) is 0 Å². The minimum absolute atomic E-state index is 0.0152. The molecule has 0 N–H and O–H groups in total. The molecule has 1 aromatic rings. The second-order valence-electron chi connectivity index (χ2n) is 5.02. The Kier molecular flexibility index (Phi) is 5.15. The first kappa shape index (κ1) is 16.0. The van der Waals surface area contributed by atoms with Crippen molar-refractivity contribution in [2.45, 2.75) is 26.4 Å². The number of nitro groups is 1. The van der Waals surface area contributed by atoms with Crippen molar-refractivity contribution in [3.8, 4) is 0 Å². The van der Waals surface area contributed by atoms with E-state index in [0.717, 1.165) is 18.2 Å². The summed E-state index contributed by atoms with van der Waals surface area (Å²) in [7, 11) is 0. The monoisotopic (exact) mass is 285 g/mol. The highest BCUT2D eigenvalue weighted by atomic mass is 19.1. The predicted molar refractivity (Wildman–Crippen MR) is 69.0 cm³/mol. The number of ether oxygens (including phenoxy) is 2. The van der Waals surface area contributed by atoms with Crippen LogP contribution in [0.5, 0.6) is 0 Å². The smallest absolute Gasteiger partial charge is 0.338 e. The van der Waals surface area contributed by atoms with Gasteiger partial charge in [0.1, 0.15) is 6.61 Å². The van der Waals surface area contributed by atoms with Gasteiger partial charge in [0.25, 0.3) is 0 Å². The first-order chi connectivity index (χ1) is 9.20. The maximum Gasteiger partial charge on any atom is 0.338 e. The van der Waals surface area contributed by atoms with E-state index in [1.165, 1.54) is 0 Å². The number of rotatable bonds is 5. The summed E-state index contributed by atoms with van der Waals surface area (Å²) in [6.45, 7) is 5.80. The lowest BCUT2D eigenvalue weighted by Crippen LogP contribution is -2.22. The second-order valence-corrected chi connectivity index (χ2v) is 5.02. The van der Waals surface area contributed by atoms with Gasteiger partial charge in [-0.05, 0) is 32.9 Å². The van der Waals surface area contributed by atoms with Crippen molar-refractivity contribution in [2.75, 3.05) is 13.2 Å². The molecule has 0 spiro atoms. The molecule has 0 aliphatic heterocycles. The Morgan fingerprint density at radius 1 is 1.35 bits per heavy atom. The summed E-state index contributed by atoms with van der Waals surface area (Å²) in [5.41, 5.74) is -1.18. The normalized spacial score (nSPS) is 11.2. The number of halogens is 1. The summed E-state index contributed by atoms with van der Waals surface area (Å²) in [6.07, 6.45) is 0. The third-order valence-electron chi connectivity index (χ3n) is 2.23. The zero-order valence-electron chi connectivity index (χ0n) is 11.5. The van der Waals surface area contributed by atoms with E-state index in [1.54, 1.807) is 0 Å². The van der Waals surface area contributed by atoms with Gasteiger partial charge in [-0.3, -0.25) is 10.1 Å². The Balaban J connectivity index is 2.60. The molecule has 0 bridgehead atoms. The van der Waals surface area contributed by atoms with Crippen molar-refractivity contribution in [2.24, 2.45) is 0 Å². The number of nitro benzene ring substituents is 1. The highest BCUT2D eigenvalue weighted by molar-refractivity contribution is 5.90. The Bertz CT molecular complexity index is 510. The molecule has 110 valence electrons. The van der Waals surface area contributed by atoms with Crippen LogP contribution >= 0.6 is 0 Å². The Morgan fingerprint density at radius 2 is 2.00 bits per heavy atom. The summed E-state index contributed by atoms with van der Waals surface area (Å²) < 4.78 is 23.3. The van der Waals surface area contributed by atoms with Crippen LogP contribution in [0.15, 0.2) is 18.2 Å². The summed E-state index contributed by atoms with van der Waals surface area (Å²) in [5.74, 6) is -1.76. The van der Waals surface area contributed by atoms with Gasteiger partial charge in [-0.25, -0.2) is 4.79 Å². The average molecular weight is 285 g/mol. The van der Waals surface area contributed by atoms with Gasteiger partial charge >= 0.3 is 11.7 Å². The van der Waals surface area contributed by atoms with Crippen molar-refractivity contribution in [3.05, 3.63) is 39.7 Å². The summed E-state index contributed by atoms with van der Waals surface area (Å²) in [5, 5.41) is 10.6. The summed E-state index contributed by atoms with van der Waals surface area (Å²) in [4.78, 5) is 21.3. The van der Waals surface area contributed by atoms with Gasteiger partial charge in [-0.1, -0.05) is 0 Å². The lowest BCUT2D eigenvalue weighted by Gasteiger charge is -2.19. The zero-order valence-corrected chi connectivity index (χ0v) is 11.5. The molecule has 20 heavy (non-hydrogen) atoms. The van der Waals surface area contributed by atoms with E-state index in [2.05, 4.69) is 0 Å². The Morgan fingerprint density at radius 3 is 2.55 bits per heavy atom. The number of benzene rings is 1. The minimum atomic E-state index is -0.998. The highest BCUT2D eigenvalue weighted by Crippen LogP contribution is 2.19. The quantitative estimate of drug-likeness (QED) is 0.360. The first-order valence-electron chi connectivity index (χ1n) is 5.96. The van der Waals surface area contributed by atoms with Crippen LogP contribution in [0.4, 0.5) is 10.1 Å². The number of carbonyl (C=O) groups is 1. The molecule has 6 nitrogen and oxygen atoms in total. The molecule has 0 radical (unpaired) electrons. The molecule has 0 atom stereocenters. The molecule has 0 saturated heterocycles. The largest absolute Gasteiger partial charge is 0.460 e. The molecule has 0 saturated carbocycles. The molecule has 0 aliphatic rings. The SMILES string of the molecule is CC(C)(C)OCCOC(=O)c1ccc(F)c([N+](=O)[O-])c1. The van der Waals surface area contributed by atoms with E-state index >= 15 is 0 Å². The maximum absolute atomic E-state index is 13.1. The average Bonchev–Trinajstić information content (AvgIpc) is 2.33. The topological polar surface area (TPSA) is 78.7 Å². The van der Waals surface area contributed by atoms with Crippen LogP contribution in [-0.4, -0.2) is 29.7 Å². The molecule has 0 fully saturated rings. The van der Waals surface area contributed by atoms with Gasteiger partial charge in [0.2, 0.25) is 5.82 Å². The van der Waals surface area contributed by atoms with E-state index in [9.17, 15) is 19.3 Å². The molecule has 1 rings (SSSR count). The fraction of sp³-hybridized carbons (Fsp3) is 0.462. The molecule has 7 heteroatoms. The van der Waals surface area contributed by atoms with Crippen LogP contribution in [0.1, 0.15) is 31.1 Å². The minimum Gasteiger partial charge on any atom is -0.460 e. The molecule has 0 aromatic heterocycles. The van der Waals surface area contributed by atoms with Crippen molar-refractivity contribution in [1.82, 2.24) is 0 Å². The van der Waals surface area contributed by atoms with E-state index in [1.807, 2.05) is 20.8 Å². The predicted octanol–water partition coefficient (Wildman–Crippen LogP) is 2.71. The van der Waals surface area contributed by atoms with Crippen LogP contribution in [-0.2, 0) is 9.47 Å². The van der Waals surface area contributed by atoms with Crippen LogP contribution in [0.3, 0.4) is 0 Å². The molecular formula is C13H16FNO5. The van der Waals surface area contributed by atoms with Crippen LogP contribution in [0, 0.1) is 15.9 Å². The molecular weight excluding hydrogens is 269 g/mol. The van der Waals surface area contributed by atoms with E-state index in [-0.39, 0.29) is 24.4 Å². The summed E-state index contributed by atoms with van der Waals surface area (Å²) in [6, 6.07) is 2.85. The first-order valence-corrected chi connectivity index (χ1v) is 5.96. The fourth-order valence-electron chi connectivity index (χ4n) is 1.35. The van der Waals surface area contributed by atoms with E-state index in [4.69, 9.17) is 9.47 Å². The molecule has 0 unspecified atom stereocenters. The fourth-order valence-corrected chi connectivity index (χ4v) is 1.35. The van der Waals surface area contributed by atoms with E-state index in [0.29, 0.717) is 0 Å².